The van der Waals surface area contributed by atoms with Gasteiger partial charge >= 0.3 is 0 Å². The number of ether oxygens (including phenoxy) is 1. The number of hydrogen-bond acceptors (Lipinski definition) is 5. The van der Waals surface area contributed by atoms with Crippen molar-refractivity contribution < 1.29 is 14.3 Å². The van der Waals surface area contributed by atoms with Gasteiger partial charge in [0.25, 0.3) is 0 Å². The highest BCUT2D eigenvalue weighted by Gasteiger charge is 2.05. The fourth-order valence-electron chi connectivity index (χ4n) is 3.19. The van der Waals surface area contributed by atoms with Crippen molar-refractivity contribution in [2.45, 2.75) is 6.61 Å². The fraction of sp³-hybridized carbons (Fsp3) is 0.0345. The van der Waals surface area contributed by atoms with Gasteiger partial charge in [-0.2, -0.15) is 0 Å². The summed E-state index contributed by atoms with van der Waals surface area (Å²) in [5.41, 5.74) is 3.31. The average molecular weight is 447 g/mol. The molecule has 0 aliphatic heterocycles. The standard InChI is InChI=1S/C29H22N2O3/c32-28(26-10-4-6-16-30-26)14-12-23-18-24(13-15-29(33)27-11-5-7-17-31-27)20-25(19-23)34-21-22-8-2-1-3-9-22/h1-20H,21H2/b14-12+,15-13+. The van der Waals surface area contributed by atoms with Crippen molar-refractivity contribution in [2.24, 2.45) is 0 Å². The number of rotatable bonds is 9. The van der Waals surface area contributed by atoms with Crippen LogP contribution in [0, 0.1) is 0 Å². The number of benzene rings is 2. The first-order chi connectivity index (χ1) is 16.7. The minimum absolute atomic E-state index is 0.196. The number of pyridine rings is 2. The molecule has 166 valence electrons. The number of carbonyl (C=O) groups is 2. The van der Waals surface area contributed by atoms with Crippen LogP contribution in [0.5, 0.6) is 5.75 Å². The van der Waals surface area contributed by atoms with Crippen LogP contribution < -0.4 is 4.74 Å². The Morgan fingerprint density at radius 1 is 0.676 bits per heavy atom. The molecule has 0 bridgehead atoms. The Balaban J connectivity index is 1.57. The van der Waals surface area contributed by atoms with Crippen LogP contribution in [-0.4, -0.2) is 21.5 Å². The molecule has 5 nitrogen and oxygen atoms in total. The summed E-state index contributed by atoms with van der Waals surface area (Å²) in [5.74, 6) is 0.235. The lowest BCUT2D eigenvalue weighted by atomic mass is 10.1. The van der Waals surface area contributed by atoms with Gasteiger partial charge in [0.15, 0.2) is 0 Å². The van der Waals surface area contributed by atoms with E-state index in [1.54, 1.807) is 60.9 Å². The summed E-state index contributed by atoms with van der Waals surface area (Å²) in [5, 5.41) is 0. The molecule has 0 unspecified atom stereocenters. The van der Waals surface area contributed by atoms with Gasteiger partial charge in [-0.25, -0.2) is 0 Å². The quantitative estimate of drug-likeness (QED) is 0.238. The van der Waals surface area contributed by atoms with Crippen molar-refractivity contribution >= 4 is 23.7 Å². The van der Waals surface area contributed by atoms with Crippen LogP contribution >= 0.6 is 0 Å². The first-order valence-electron chi connectivity index (χ1n) is 10.8. The van der Waals surface area contributed by atoms with E-state index >= 15 is 0 Å². The highest BCUT2D eigenvalue weighted by Crippen LogP contribution is 2.21. The van der Waals surface area contributed by atoms with E-state index in [1.165, 1.54) is 12.2 Å². The van der Waals surface area contributed by atoms with Crippen molar-refractivity contribution in [3.63, 3.8) is 0 Å². The van der Waals surface area contributed by atoms with Crippen molar-refractivity contribution in [1.29, 1.82) is 0 Å². The van der Waals surface area contributed by atoms with Crippen molar-refractivity contribution in [3.8, 4) is 5.75 Å². The van der Waals surface area contributed by atoms with Crippen LogP contribution in [0.25, 0.3) is 12.2 Å². The molecule has 4 rings (SSSR count). The maximum absolute atomic E-state index is 12.4. The minimum atomic E-state index is -0.196. The Bertz CT molecular complexity index is 1240. The zero-order valence-corrected chi connectivity index (χ0v) is 18.4. The summed E-state index contributed by atoms with van der Waals surface area (Å²) in [7, 11) is 0. The van der Waals surface area contributed by atoms with Crippen LogP contribution in [0.1, 0.15) is 37.7 Å². The Hall–Kier alpha value is -4.64. The second-order valence-corrected chi connectivity index (χ2v) is 7.43. The van der Waals surface area contributed by atoms with E-state index in [0.717, 1.165) is 16.7 Å². The number of carbonyl (C=O) groups excluding carboxylic acids is 2. The highest BCUT2D eigenvalue weighted by atomic mass is 16.5. The molecule has 5 heteroatoms. The molecule has 0 fully saturated rings. The van der Waals surface area contributed by atoms with Gasteiger partial charge in [0.05, 0.1) is 0 Å². The minimum Gasteiger partial charge on any atom is -0.489 e. The Kier molecular flexibility index (Phi) is 7.49. The first-order valence-corrected chi connectivity index (χ1v) is 10.8. The molecule has 0 radical (unpaired) electrons. The smallest absolute Gasteiger partial charge is 0.204 e. The zero-order valence-electron chi connectivity index (χ0n) is 18.4. The summed E-state index contributed by atoms with van der Waals surface area (Å²) in [6.07, 6.45) is 9.55. The van der Waals surface area contributed by atoms with Gasteiger partial charge in [-0.3, -0.25) is 19.6 Å². The molecule has 0 aliphatic rings. The largest absolute Gasteiger partial charge is 0.489 e. The second-order valence-electron chi connectivity index (χ2n) is 7.43. The molecule has 0 saturated carbocycles. The van der Waals surface area contributed by atoms with Gasteiger partial charge in [-0.1, -0.05) is 54.6 Å². The molecule has 0 atom stereocenters. The van der Waals surface area contributed by atoms with E-state index in [9.17, 15) is 9.59 Å². The van der Waals surface area contributed by atoms with Crippen LogP contribution in [0.4, 0.5) is 0 Å². The van der Waals surface area contributed by atoms with Crippen LogP contribution in [-0.2, 0) is 6.61 Å². The van der Waals surface area contributed by atoms with E-state index in [1.807, 2.05) is 48.5 Å². The van der Waals surface area contributed by atoms with Crippen LogP contribution in [0.2, 0.25) is 0 Å². The fourth-order valence-corrected chi connectivity index (χ4v) is 3.19. The SMILES string of the molecule is O=C(/C=C/c1cc(/C=C/C(=O)c2ccccn2)cc(OCc2ccccc2)c1)c1ccccn1. The van der Waals surface area contributed by atoms with Gasteiger partial charge < -0.3 is 4.74 Å². The van der Waals surface area contributed by atoms with Crippen LogP contribution in [0.3, 0.4) is 0 Å². The molecule has 2 aromatic carbocycles. The molecular weight excluding hydrogens is 424 g/mol. The van der Waals surface area contributed by atoms with Crippen molar-refractivity contribution in [2.75, 3.05) is 0 Å². The number of aromatic nitrogens is 2. The molecule has 34 heavy (non-hydrogen) atoms. The zero-order chi connectivity index (χ0) is 23.6. The second kappa shape index (κ2) is 11.3. The summed E-state index contributed by atoms with van der Waals surface area (Å²) in [6.45, 7) is 0.400. The van der Waals surface area contributed by atoms with Crippen LogP contribution in [0.15, 0.2) is 109 Å². The molecule has 0 amide bonds. The predicted molar refractivity (Wildman–Crippen MR) is 132 cm³/mol. The number of nitrogens with zero attached hydrogens (tertiary/aromatic N) is 2. The molecule has 0 saturated heterocycles. The number of hydrogen-bond donors (Lipinski definition) is 0. The lowest BCUT2D eigenvalue weighted by molar-refractivity contribution is 0.103. The van der Waals surface area contributed by atoms with Gasteiger partial charge in [0.1, 0.15) is 23.7 Å². The maximum atomic E-state index is 12.4. The third-order valence-corrected chi connectivity index (χ3v) is 4.89. The van der Waals surface area contributed by atoms with Crippen molar-refractivity contribution in [3.05, 3.63) is 138 Å². The lowest BCUT2D eigenvalue weighted by Gasteiger charge is -2.09. The topological polar surface area (TPSA) is 69.2 Å². The van der Waals surface area contributed by atoms with E-state index < -0.39 is 0 Å². The third-order valence-electron chi connectivity index (χ3n) is 4.89. The number of ketones is 2. The summed E-state index contributed by atoms with van der Waals surface area (Å²) in [6, 6.07) is 25.8. The van der Waals surface area contributed by atoms with Gasteiger partial charge in [-0.05, 0) is 71.3 Å². The van der Waals surface area contributed by atoms with Gasteiger partial charge in [0.2, 0.25) is 11.6 Å². The van der Waals surface area contributed by atoms with E-state index in [0.29, 0.717) is 23.7 Å². The summed E-state index contributed by atoms with van der Waals surface area (Å²) in [4.78, 5) is 33.0. The average Bonchev–Trinajstić information content (AvgIpc) is 2.90. The highest BCUT2D eigenvalue weighted by molar-refractivity contribution is 6.06. The maximum Gasteiger partial charge on any atom is 0.204 e. The Morgan fingerprint density at radius 2 is 1.21 bits per heavy atom. The molecule has 0 aliphatic carbocycles. The molecule has 0 N–H and O–H groups in total. The molecule has 2 heterocycles. The van der Waals surface area contributed by atoms with E-state index in [2.05, 4.69) is 9.97 Å². The Labute approximate surface area is 198 Å². The first kappa shape index (κ1) is 22.6. The van der Waals surface area contributed by atoms with E-state index in [-0.39, 0.29) is 11.6 Å². The number of allylic oxidation sites excluding steroid dienone is 2. The molecule has 2 aromatic heterocycles. The summed E-state index contributed by atoms with van der Waals surface area (Å²) < 4.78 is 5.99. The normalized spacial score (nSPS) is 11.1. The van der Waals surface area contributed by atoms with Crippen molar-refractivity contribution in [1.82, 2.24) is 9.97 Å². The lowest BCUT2D eigenvalue weighted by Crippen LogP contribution is -1.98. The summed E-state index contributed by atoms with van der Waals surface area (Å²) >= 11 is 0. The van der Waals surface area contributed by atoms with E-state index in [4.69, 9.17) is 4.74 Å². The molecule has 0 spiro atoms. The third kappa shape index (κ3) is 6.43. The predicted octanol–water partition coefficient (Wildman–Crippen LogP) is 5.85. The molecular formula is C29H22N2O3. The molecule has 4 aromatic rings. The Morgan fingerprint density at radius 3 is 1.71 bits per heavy atom. The van der Waals surface area contributed by atoms with Gasteiger partial charge in [-0.15, -0.1) is 0 Å². The van der Waals surface area contributed by atoms with Gasteiger partial charge in [0, 0.05) is 12.4 Å². The monoisotopic (exact) mass is 446 g/mol.